The molecule has 4 nitrogen and oxygen atoms in total. The highest BCUT2D eigenvalue weighted by atomic mass is 32.2. The van der Waals surface area contributed by atoms with E-state index >= 15 is 0 Å². The highest BCUT2D eigenvalue weighted by Gasteiger charge is 2.08. The predicted octanol–water partition coefficient (Wildman–Crippen LogP) is 1.22. The summed E-state index contributed by atoms with van der Waals surface area (Å²) in [5.41, 5.74) is 0. The van der Waals surface area contributed by atoms with Crippen LogP contribution in [-0.2, 0) is 14.6 Å². The third-order valence-electron chi connectivity index (χ3n) is 2.52. The summed E-state index contributed by atoms with van der Waals surface area (Å²) < 4.78 is 27.2. The molecule has 98 valence electrons. The maximum absolute atomic E-state index is 11.0. The average Bonchev–Trinajstić information content (AvgIpc) is 2.20. The van der Waals surface area contributed by atoms with E-state index in [0.29, 0.717) is 6.04 Å². The van der Waals surface area contributed by atoms with Crippen molar-refractivity contribution in [3.8, 4) is 0 Å². The molecule has 0 amide bonds. The molecule has 0 aromatic heterocycles. The van der Waals surface area contributed by atoms with Gasteiger partial charge in [0.1, 0.15) is 9.84 Å². The van der Waals surface area contributed by atoms with E-state index in [4.69, 9.17) is 4.74 Å². The van der Waals surface area contributed by atoms with Crippen LogP contribution < -0.4 is 5.32 Å². The molecule has 0 aliphatic rings. The normalized spacial score (nSPS) is 13.9. The van der Waals surface area contributed by atoms with E-state index in [0.717, 1.165) is 38.9 Å². The van der Waals surface area contributed by atoms with Gasteiger partial charge in [0.05, 0.1) is 0 Å². The lowest BCUT2D eigenvalue weighted by Gasteiger charge is -2.15. The number of hydrogen-bond donors (Lipinski definition) is 1. The third-order valence-corrected chi connectivity index (χ3v) is 3.55. The number of ether oxygens (including phenoxy) is 1. The van der Waals surface area contributed by atoms with E-state index in [9.17, 15) is 8.42 Å². The fourth-order valence-corrected chi connectivity index (χ4v) is 2.29. The van der Waals surface area contributed by atoms with Gasteiger partial charge in [-0.05, 0) is 39.7 Å². The molecule has 1 atom stereocenters. The van der Waals surface area contributed by atoms with Crippen molar-refractivity contribution in [2.45, 2.75) is 38.6 Å². The van der Waals surface area contributed by atoms with Crippen LogP contribution in [0.2, 0.25) is 0 Å². The number of rotatable bonds is 10. The van der Waals surface area contributed by atoms with E-state index in [-0.39, 0.29) is 5.75 Å². The van der Waals surface area contributed by atoms with Crippen LogP contribution in [0.15, 0.2) is 0 Å². The van der Waals surface area contributed by atoms with Crippen LogP contribution >= 0.6 is 0 Å². The Morgan fingerprint density at radius 3 is 2.38 bits per heavy atom. The zero-order chi connectivity index (χ0) is 12.4. The summed E-state index contributed by atoms with van der Waals surface area (Å²) in [4.78, 5) is 0. The lowest BCUT2D eigenvalue weighted by atomic mass is 10.1. The minimum absolute atomic E-state index is 0.288. The Hall–Kier alpha value is -0.130. The monoisotopic (exact) mass is 251 g/mol. The van der Waals surface area contributed by atoms with Gasteiger partial charge in [-0.15, -0.1) is 0 Å². The number of nitrogens with one attached hydrogen (secondary N) is 1. The van der Waals surface area contributed by atoms with Gasteiger partial charge in [0.25, 0.3) is 0 Å². The largest absolute Gasteiger partial charge is 0.382 e. The summed E-state index contributed by atoms with van der Waals surface area (Å²) >= 11 is 0. The van der Waals surface area contributed by atoms with Crippen molar-refractivity contribution in [3.63, 3.8) is 0 Å². The van der Waals surface area contributed by atoms with E-state index in [1.54, 1.807) is 0 Å². The SMILES string of the molecule is CCOCCCC(CCCS(C)(=O)=O)NC. The Morgan fingerprint density at radius 2 is 1.88 bits per heavy atom. The molecular weight excluding hydrogens is 226 g/mol. The maximum atomic E-state index is 11.0. The molecule has 0 rings (SSSR count). The first kappa shape index (κ1) is 15.9. The molecule has 0 radical (unpaired) electrons. The molecule has 1 unspecified atom stereocenters. The highest BCUT2D eigenvalue weighted by Crippen LogP contribution is 2.06. The lowest BCUT2D eigenvalue weighted by Crippen LogP contribution is -2.26. The standard InChI is InChI=1S/C11H25NO3S/c1-4-15-9-5-7-11(12-2)8-6-10-16(3,13)14/h11-12H,4-10H2,1-3H3. The van der Waals surface area contributed by atoms with Crippen LogP contribution in [0.3, 0.4) is 0 Å². The fraction of sp³-hybridized carbons (Fsp3) is 1.00. The molecule has 1 N–H and O–H groups in total. The summed E-state index contributed by atoms with van der Waals surface area (Å²) in [5, 5.41) is 3.21. The van der Waals surface area contributed by atoms with Crippen molar-refractivity contribution < 1.29 is 13.2 Å². The van der Waals surface area contributed by atoms with E-state index in [1.165, 1.54) is 6.26 Å². The topological polar surface area (TPSA) is 55.4 Å². The number of hydrogen-bond acceptors (Lipinski definition) is 4. The van der Waals surface area contributed by atoms with E-state index in [2.05, 4.69) is 5.32 Å². The Morgan fingerprint density at radius 1 is 1.25 bits per heavy atom. The van der Waals surface area contributed by atoms with Crippen LogP contribution in [0.1, 0.15) is 32.6 Å². The number of sulfone groups is 1. The van der Waals surface area contributed by atoms with Crippen molar-refractivity contribution in [2.75, 3.05) is 32.3 Å². The lowest BCUT2D eigenvalue weighted by molar-refractivity contribution is 0.140. The minimum Gasteiger partial charge on any atom is -0.382 e. The molecule has 0 aliphatic heterocycles. The van der Waals surface area contributed by atoms with Crippen LogP contribution in [0.5, 0.6) is 0 Å². The van der Waals surface area contributed by atoms with Gasteiger partial charge >= 0.3 is 0 Å². The van der Waals surface area contributed by atoms with Gasteiger partial charge in [-0.2, -0.15) is 0 Å². The average molecular weight is 251 g/mol. The zero-order valence-corrected chi connectivity index (χ0v) is 11.5. The predicted molar refractivity (Wildman–Crippen MR) is 67.5 cm³/mol. The molecule has 0 aromatic carbocycles. The quantitative estimate of drug-likeness (QED) is 0.593. The Bertz CT molecular complexity index is 252. The molecule has 0 heterocycles. The van der Waals surface area contributed by atoms with Crippen molar-refractivity contribution >= 4 is 9.84 Å². The third kappa shape index (κ3) is 10.4. The van der Waals surface area contributed by atoms with Crippen molar-refractivity contribution in [1.82, 2.24) is 5.32 Å². The summed E-state index contributed by atoms with van der Waals surface area (Å²) in [6.45, 7) is 3.54. The second kappa shape index (κ2) is 8.96. The van der Waals surface area contributed by atoms with Gasteiger partial charge < -0.3 is 10.1 Å². The molecular formula is C11H25NO3S. The summed E-state index contributed by atoms with van der Waals surface area (Å²) in [5.74, 6) is 0.288. The first-order valence-electron chi connectivity index (χ1n) is 5.92. The van der Waals surface area contributed by atoms with Gasteiger partial charge in [-0.1, -0.05) is 0 Å². The van der Waals surface area contributed by atoms with Crippen molar-refractivity contribution in [1.29, 1.82) is 0 Å². The van der Waals surface area contributed by atoms with Crippen LogP contribution in [0.25, 0.3) is 0 Å². The van der Waals surface area contributed by atoms with Crippen molar-refractivity contribution in [2.24, 2.45) is 0 Å². The zero-order valence-electron chi connectivity index (χ0n) is 10.7. The Labute approximate surface area is 99.7 Å². The molecule has 0 spiro atoms. The second-order valence-electron chi connectivity index (χ2n) is 4.10. The highest BCUT2D eigenvalue weighted by molar-refractivity contribution is 7.90. The van der Waals surface area contributed by atoms with E-state index < -0.39 is 9.84 Å². The smallest absolute Gasteiger partial charge is 0.147 e. The summed E-state index contributed by atoms with van der Waals surface area (Å²) in [6.07, 6.45) is 5.00. The molecule has 16 heavy (non-hydrogen) atoms. The molecule has 5 heteroatoms. The molecule has 0 aromatic rings. The Kier molecular flexibility index (Phi) is 8.89. The van der Waals surface area contributed by atoms with Gasteiger partial charge in [0.2, 0.25) is 0 Å². The van der Waals surface area contributed by atoms with Crippen LogP contribution in [-0.4, -0.2) is 46.7 Å². The maximum Gasteiger partial charge on any atom is 0.147 e. The summed E-state index contributed by atoms with van der Waals surface area (Å²) in [7, 11) is -0.887. The van der Waals surface area contributed by atoms with E-state index in [1.807, 2.05) is 14.0 Å². The first-order valence-corrected chi connectivity index (χ1v) is 7.98. The molecule has 0 fully saturated rings. The summed E-state index contributed by atoms with van der Waals surface area (Å²) in [6, 6.07) is 0.405. The van der Waals surface area contributed by atoms with Gasteiger partial charge in [0, 0.05) is 31.3 Å². The van der Waals surface area contributed by atoms with Gasteiger partial charge in [0.15, 0.2) is 0 Å². The first-order chi connectivity index (χ1) is 7.49. The van der Waals surface area contributed by atoms with Crippen LogP contribution in [0.4, 0.5) is 0 Å². The van der Waals surface area contributed by atoms with Crippen molar-refractivity contribution in [3.05, 3.63) is 0 Å². The molecule has 0 aliphatic carbocycles. The fourth-order valence-electron chi connectivity index (χ4n) is 1.60. The molecule has 0 bridgehead atoms. The minimum atomic E-state index is -2.81. The molecule has 0 saturated carbocycles. The van der Waals surface area contributed by atoms with Gasteiger partial charge in [-0.25, -0.2) is 8.42 Å². The molecule has 0 saturated heterocycles. The van der Waals surface area contributed by atoms with Gasteiger partial charge in [-0.3, -0.25) is 0 Å². The van der Waals surface area contributed by atoms with Crippen LogP contribution in [0, 0.1) is 0 Å². The second-order valence-corrected chi connectivity index (χ2v) is 6.36. The Balaban J connectivity index is 3.59.